The minimum atomic E-state index is -0.734. The van der Waals surface area contributed by atoms with Crippen molar-refractivity contribution in [3.8, 4) is 0 Å². The zero-order valence-corrected chi connectivity index (χ0v) is 51.9. The van der Waals surface area contributed by atoms with E-state index in [0.29, 0.717) is 81.9 Å². The molecule has 0 radical (unpaired) electrons. The highest BCUT2D eigenvalue weighted by Crippen LogP contribution is 2.24. The van der Waals surface area contributed by atoms with E-state index in [9.17, 15) is 38.4 Å². The van der Waals surface area contributed by atoms with Crippen molar-refractivity contribution in [2.75, 3.05) is 108 Å². The van der Waals surface area contributed by atoms with Gasteiger partial charge in [0, 0.05) is 129 Å². The molecule has 1 aliphatic heterocycles. The van der Waals surface area contributed by atoms with E-state index in [1.807, 2.05) is 19.9 Å². The van der Waals surface area contributed by atoms with Crippen molar-refractivity contribution in [1.29, 1.82) is 0 Å². The number of nitrogens with one attached hydrogen (secondary N) is 9. The third-order valence-electron chi connectivity index (χ3n) is 13.6. The molecule has 3 heterocycles. The first-order chi connectivity index (χ1) is 42.8. The third kappa shape index (κ3) is 21.1. The highest BCUT2D eigenvalue weighted by atomic mass is 79.9. The summed E-state index contributed by atoms with van der Waals surface area (Å²) < 4.78 is 0. The van der Waals surface area contributed by atoms with E-state index in [0.717, 1.165) is 39.0 Å². The number of aromatic nitrogens is 4. The SMILES string of the molecule is CCCNc1nc(Nc2ccc(C(N)=O)cc2)ncc1C(=O)Nc1cccc(NC(=O)[C@H](C)N(C)C(=O)/C=C/CBr)c1.CCCNc1nc(Nc2ccc(C(N)=O)cc2)ncc1C(=O)Nc1cccc(NC(=O)[C@H](C)N(C)C(=O)/C=C/CN2CCNCC2)c1. The number of nitrogens with two attached hydrogens (primary N) is 2. The normalized spacial score (nSPS) is 12.7. The smallest absolute Gasteiger partial charge is 0.260 e. The van der Waals surface area contributed by atoms with Crippen LogP contribution >= 0.6 is 15.9 Å². The number of amides is 8. The number of carbonyl (C=O) groups excluding carboxylic acids is 8. The number of likely N-dealkylation sites (N-methyl/N-ethyl adjacent to an activating group) is 2. The van der Waals surface area contributed by atoms with Gasteiger partial charge in [0.15, 0.2) is 0 Å². The number of nitrogens with zero attached hydrogens (tertiary/aromatic N) is 7. The lowest BCUT2D eigenvalue weighted by atomic mass is 10.2. The van der Waals surface area contributed by atoms with Crippen LogP contribution in [0.4, 0.5) is 57.7 Å². The standard InChI is InChI=1S/C33H42N10O4.C29H33BrN8O4/c1-4-14-36-30-27(21-37-33(41-30)40-24-12-10-23(11-13-24)29(34)45)32(47)39-26-8-5-7-25(20-26)38-31(46)22(2)42(3)28(44)9-6-17-43-18-15-35-16-19-43;1-4-15-32-26-23(17-33-29(37-26)36-20-12-10-19(11-13-20)25(31)40)28(42)35-22-8-5-7-21(16-22)34-27(41)18(2)38(3)24(39)9-6-14-30/h5-13,20-22,35H,4,14-19H2,1-3H3,(H2,34,45)(H,38,46)(H,39,47)(H2,36,37,40,41);5-13,16-18H,4,14-15H2,1-3H3,(H2,31,40)(H,34,41)(H,35,42)(H2,32,33,36,37)/b2*9-6+/t22-;18-/m00/s1. The summed E-state index contributed by atoms with van der Waals surface area (Å²) >= 11 is 3.22. The van der Waals surface area contributed by atoms with Crippen LogP contribution < -0.4 is 59.3 Å². The molecule has 4 aromatic carbocycles. The fourth-order valence-electron chi connectivity index (χ4n) is 8.22. The summed E-state index contributed by atoms with van der Waals surface area (Å²) in [6.45, 7) is 12.8. The Labute approximate surface area is 524 Å². The topological polar surface area (TPSA) is 358 Å². The van der Waals surface area contributed by atoms with Crippen molar-refractivity contribution in [3.63, 3.8) is 0 Å². The second kappa shape index (κ2) is 34.3. The Kier molecular flexibility index (Phi) is 26.2. The van der Waals surface area contributed by atoms with E-state index >= 15 is 0 Å². The molecule has 468 valence electrons. The molecule has 1 saturated heterocycles. The molecular formula is C62H75BrN18O8. The Hall–Kier alpha value is -10.1. The first kappa shape index (κ1) is 68.0. The van der Waals surface area contributed by atoms with Gasteiger partial charge in [-0.3, -0.25) is 43.3 Å². The average molecular weight is 1280 g/mol. The fraction of sp³-hybridized carbons (Fsp3) is 0.290. The zero-order valence-electron chi connectivity index (χ0n) is 50.4. The van der Waals surface area contributed by atoms with Gasteiger partial charge in [-0.05, 0) is 118 Å². The molecule has 0 bridgehead atoms. The number of carbonyl (C=O) groups is 8. The number of hydrogen-bond acceptors (Lipinski definition) is 18. The summed E-state index contributed by atoms with van der Waals surface area (Å²) in [6.07, 6.45) is 10.8. The lowest BCUT2D eigenvalue weighted by molar-refractivity contribution is -0.132. The maximum atomic E-state index is 13.3. The predicted molar refractivity (Wildman–Crippen MR) is 350 cm³/mol. The molecule has 7 rings (SSSR count). The summed E-state index contributed by atoms with van der Waals surface area (Å²) in [5.41, 5.74) is 14.9. The van der Waals surface area contributed by atoms with Gasteiger partial charge in [0.05, 0.1) is 0 Å². The largest absolute Gasteiger partial charge is 0.369 e. The maximum Gasteiger partial charge on any atom is 0.260 e. The second-order valence-electron chi connectivity index (χ2n) is 20.2. The number of rotatable bonds is 27. The number of primary amides is 2. The van der Waals surface area contributed by atoms with Crippen LogP contribution in [0, 0.1) is 0 Å². The van der Waals surface area contributed by atoms with Gasteiger partial charge in [-0.25, -0.2) is 9.97 Å². The summed E-state index contributed by atoms with van der Waals surface area (Å²) in [7, 11) is 3.14. The monoisotopic (exact) mass is 1280 g/mol. The molecule has 27 heteroatoms. The molecule has 8 amide bonds. The van der Waals surface area contributed by atoms with Gasteiger partial charge in [-0.15, -0.1) is 0 Å². The minimum Gasteiger partial charge on any atom is -0.369 e. The predicted octanol–water partition coefficient (Wildman–Crippen LogP) is 6.77. The van der Waals surface area contributed by atoms with E-state index in [2.05, 4.69) is 88.6 Å². The molecule has 0 unspecified atom stereocenters. The van der Waals surface area contributed by atoms with E-state index in [-0.39, 0.29) is 46.7 Å². The Morgan fingerprint density at radius 3 is 1.36 bits per heavy atom. The lowest BCUT2D eigenvalue weighted by Gasteiger charge is -2.26. The quantitative estimate of drug-likeness (QED) is 0.0187. The van der Waals surface area contributed by atoms with Crippen molar-refractivity contribution in [1.82, 2.24) is 40.0 Å². The van der Waals surface area contributed by atoms with Crippen LogP contribution in [-0.4, -0.2) is 159 Å². The van der Waals surface area contributed by atoms with Gasteiger partial charge < -0.3 is 69.1 Å². The van der Waals surface area contributed by atoms with Gasteiger partial charge in [-0.1, -0.05) is 54.1 Å². The number of hydrogen-bond donors (Lipinski definition) is 11. The van der Waals surface area contributed by atoms with Crippen molar-refractivity contribution in [3.05, 3.63) is 156 Å². The molecule has 1 fully saturated rings. The summed E-state index contributed by atoms with van der Waals surface area (Å²) in [5.74, 6) is -2.09. The third-order valence-corrected chi connectivity index (χ3v) is 14.0. The van der Waals surface area contributed by atoms with Crippen molar-refractivity contribution in [2.45, 2.75) is 52.6 Å². The molecule has 0 saturated carbocycles. The Balaban J connectivity index is 0.000000286. The van der Waals surface area contributed by atoms with Crippen LogP contribution in [0.1, 0.15) is 82.0 Å². The fourth-order valence-corrected chi connectivity index (χ4v) is 8.40. The first-order valence-electron chi connectivity index (χ1n) is 28.6. The number of allylic oxidation sites excluding steroid dienone is 1. The number of piperazine rings is 1. The van der Waals surface area contributed by atoms with Gasteiger partial charge in [0.25, 0.3) is 11.8 Å². The second-order valence-corrected chi connectivity index (χ2v) is 20.9. The van der Waals surface area contributed by atoms with Crippen molar-refractivity contribution >= 4 is 121 Å². The van der Waals surface area contributed by atoms with Crippen molar-refractivity contribution in [2.24, 2.45) is 11.5 Å². The molecular weight excluding hydrogens is 1200 g/mol. The summed E-state index contributed by atoms with van der Waals surface area (Å²) in [5, 5.41) is 27.5. The van der Waals surface area contributed by atoms with Crippen molar-refractivity contribution < 1.29 is 38.4 Å². The van der Waals surface area contributed by atoms with Gasteiger partial charge in [-0.2, -0.15) is 9.97 Å². The number of halogens is 1. The molecule has 2 aromatic heterocycles. The van der Waals surface area contributed by atoms with Gasteiger partial charge in [0.2, 0.25) is 47.3 Å². The molecule has 26 nitrogen and oxygen atoms in total. The maximum absolute atomic E-state index is 13.3. The number of alkyl halides is 1. The van der Waals surface area contributed by atoms with Gasteiger partial charge >= 0.3 is 0 Å². The molecule has 2 atom stereocenters. The molecule has 0 spiro atoms. The Morgan fingerprint density at radius 1 is 0.584 bits per heavy atom. The highest BCUT2D eigenvalue weighted by molar-refractivity contribution is 9.09. The van der Waals surface area contributed by atoms with Crippen LogP contribution in [-0.2, 0) is 19.2 Å². The molecule has 6 aromatic rings. The van der Waals surface area contributed by atoms with Crippen LogP contribution in [0.5, 0.6) is 0 Å². The Bertz CT molecular complexity index is 3510. The number of anilines is 10. The number of benzene rings is 4. The van der Waals surface area contributed by atoms with E-state index in [1.54, 1.807) is 131 Å². The van der Waals surface area contributed by atoms with Crippen LogP contribution in [0.15, 0.2) is 134 Å². The molecule has 0 aliphatic carbocycles. The highest BCUT2D eigenvalue weighted by Gasteiger charge is 2.24. The molecule has 13 N–H and O–H groups in total. The molecule has 89 heavy (non-hydrogen) atoms. The van der Waals surface area contributed by atoms with Crippen LogP contribution in [0.25, 0.3) is 0 Å². The summed E-state index contributed by atoms with van der Waals surface area (Å²) in [4.78, 5) is 122. The Morgan fingerprint density at radius 2 is 0.978 bits per heavy atom. The lowest BCUT2D eigenvalue weighted by Crippen LogP contribution is -2.44. The zero-order chi connectivity index (χ0) is 64.4. The summed E-state index contributed by atoms with van der Waals surface area (Å²) in [6, 6.07) is 25.0. The van der Waals surface area contributed by atoms with E-state index in [4.69, 9.17) is 11.5 Å². The van der Waals surface area contributed by atoms with E-state index < -0.39 is 35.7 Å². The minimum absolute atomic E-state index is 0.220. The molecule has 1 aliphatic rings. The van der Waals surface area contributed by atoms with Crippen LogP contribution in [0.3, 0.4) is 0 Å². The van der Waals surface area contributed by atoms with Crippen LogP contribution in [0.2, 0.25) is 0 Å². The van der Waals surface area contributed by atoms with E-state index in [1.165, 1.54) is 34.3 Å². The average Bonchev–Trinajstić information content (AvgIpc) is 3.73. The van der Waals surface area contributed by atoms with Gasteiger partial charge in [0.1, 0.15) is 34.8 Å². The first-order valence-corrected chi connectivity index (χ1v) is 29.7.